The molecule has 2 amide bonds. The van der Waals surface area contributed by atoms with Gasteiger partial charge in [-0.25, -0.2) is 9.97 Å². The molecule has 2 N–H and O–H groups in total. The second-order valence-corrected chi connectivity index (χ2v) is 14.9. The van der Waals surface area contributed by atoms with Crippen molar-refractivity contribution in [2.24, 2.45) is 5.92 Å². The standard InChI is InChI=1S/C38H43N7O5S/c1-26-20-40-34(51-26)22-42-16-12-30(32(21-42)27-6-4-3-5-7-27)36(47)43-18-14-38(49,15-19-43)24-44-25-41-35-31(37(44)48)13-17-45(35)28-8-10-29(11-9-28)50-23-33(46)39-2/h3-11,13,17,20,25,30,32,49H,12,14-16,18-19,21-24H2,1-2H3,(H,39,46)/t30-,32?/m1/s1. The predicted octanol–water partition coefficient (Wildman–Crippen LogP) is 3.74. The maximum Gasteiger partial charge on any atom is 0.262 e. The summed E-state index contributed by atoms with van der Waals surface area (Å²) in [5, 5.41) is 15.7. The first-order chi connectivity index (χ1) is 24.7. The van der Waals surface area contributed by atoms with Gasteiger partial charge in [0.25, 0.3) is 11.5 Å². The van der Waals surface area contributed by atoms with Crippen LogP contribution in [0.2, 0.25) is 0 Å². The molecule has 1 unspecified atom stereocenters. The second-order valence-electron chi connectivity index (χ2n) is 13.6. The highest BCUT2D eigenvalue weighted by atomic mass is 32.1. The van der Waals surface area contributed by atoms with E-state index in [-0.39, 0.29) is 42.4 Å². The van der Waals surface area contributed by atoms with Gasteiger partial charge in [-0.3, -0.25) is 23.9 Å². The van der Waals surface area contributed by atoms with E-state index in [2.05, 4.69) is 39.2 Å². The number of aliphatic hydroxyl groups is 1. The van der Waals surface area contributed by atoms with E-state index in [4.69, 9.17) is 4.74 Å². The lowest BCUT2D eigenvalue weighted by molar-refractivity contribution is -0.142. The number of benzene rings is 2. The second kappa shape index (κ2) is 14.8. The maximum atomic E-state index is 14.1. The number of fused-ring (bicyclic) bond motifs is 1. The Kier molecular flexibility index (Phi) is 10.0. The maximum absolute atomic E-state index is 14.1. The summed E-state index contributed by atoms with van der Waals surface area (Å²) < 4.78 is 8.78. The third-order valence-electron chi connectivity index (χ3n) is 10.2. The Morgan fingerprint density at radius 1 is 1.04 bits per heavy atom. The molecule has 5 aromatic rings. The number of piperidine rings is 2. The first-order valence-electron chi connectivity index (χ1n) is 17.4. The van der Waals surface area contributed by atoms with Crippen molar-refractivity contribution in [1.82, 2.24) is 34.2 Å². The lowest BCUT2D eigenvalue weighted by atomic mass is 9.79. The van der Waals surface area contributed by atoms with E-state index in [1.807, 2.05) is 46.0 Å². The van der Waals surface area contributed by atoms with E-state index in [1.54, 1.807) is 42.8 Å². The molecule has 266 valence electrons. The van der Waals surface area contributed by atoms with E-state index in [9.17, 15) is 19.5 Å². The van der Waals surface area contributed by atoms with Gasteiger partial charge in [-0.1, -0.05) is 30.3 Å². The zero-order valence-electron chi connectivity index (χ0n) is 28.9. The molecule has 13 heteroatoms. The Morgan fingerprint density at radius 2 is 1.80 bits per heavy atom. The number of likely N-dealkylation sites (N-methyl/N-ethyl adjacent to an activating group) is 1. The minimum Gasteiger partial charge on any atom is -0.484 e. The number of hydrogen-bond donors (Lipinski definition) is 2. The largest absolute Gasteiger partial charge is 0.484 e. The van der Waals surface area contributed by atoms with Gasteiger partial charge < -0.3 is 24.6 Å². The number of carbonyl (C=O) groups is 2. The number of nitrogens with zero attached hydrogens (tertiary/aromatic N) is 6. The molecule has 2 fully saturated rings. The zero-order valence-corrected chi connectivity index (χ0v) is 29.7. The molecule has 7 rings (SSSR count). The Hall–Kier alpha value is -4.85. The van der Waals surface area contributed by atoms with Crippen LogP contribution in [0, 0.1) is 12.8 Å². The molecule has 2 atom stereocenters. The van der Waals surface area contributed by atoms with E-state index < -0.39 is 5.60 Å². The highest BCUT2D eigenvalue weighted by Gasteiger charge is 2.41. The number of thiazole rings is 1. The van der Waals surface area contributed by atoms with Gasteiger partial charge in [0.1, 0.15) is 17.1 Å². The molecular formula is C38H43N7O5S. The first kappa shape index (κ1) is 34.6. The number of amides is 2. The molecule has 5 heterocycles. The zero-order chi connectivity index (χ0) is 35.5. The van der Waals surface area contributed by atoms with Crippen molar-refractivity contribution in [2.75, 3.05) is 39.8 Å². The average Bonchev–Trinajstić information content (AvgIpc) is 3.78. The Balaban J connectivity index is 0.998. The molecule has 0 aliphatic carbocycles. The Bertz CT molecular complexity index is 2050. The fraction of sp³-hybridized carbons (Fsp3) is 0.395. The Morgan fingerprint density at radius 3 is 2.51 bits per heavy atom. The molecule has 0 spiro atoms. The van der Waals surface area contributed by atoms with Crippen LogP contribution in [0.3, 0.4) is 0 Å². The molecule has 3 aromatic heterocycles. The average molecular weight is 710 g/mol. The van der Waals surface area contributed by atoms with Crippen molar-refractivity contribution >= 4 is 34.2 Å². The molecule has 2 saturated heterocycles. The monoisotopic (exact) mass is 709 g/mol. The van der Waals surface area contributed by atoms with E-state index in [0.29, 0.717) is 42.7 Å². The third-order valence-corrected chi connectivity index (χ3v) is 11.1. The summed E-state index contributed by atoms with van der Waals surface area (Å²) in [5.74, 6) is 0.398. The van der Waals surface area contributed by atoms with Crippen LogP contribution in [0.5, 0.6) is 5.75 Å². The number of hydrogen-bond acceptors (Lipinski definition) is 9. The molecule has 2 aliphatic rings. The van der Waals surface area contributed by atoms with Crippen LogP contribution in [0.4, 0.5) is 0 Å². The summed E-state index contributed by atoms with van der Waals surface area (Å²) in [4.78, 5) is 53.9. The molecular weight excluding hydrogens is 667 g/mol. The van der Waals surface area contributed by atoms with Gasteiger partial charge in [0.05, 0.1) is 24.1 Å². The molecule has 2 aliphatic heterocycles. The smallest absolute Gasteiger partial charge is 0.262 e. The van der Waals surface area contributed by atoms with Gasteiger partial charge in [0, 0.05) is 61.5 Å². The third kappa shape index (κ3) is 7.60. The normalized spacial score (nSPS) is 19.2. The SMILES string of the molecule is CNC(=O)COc1ccc(-n2ccc3c(=O)n(CC4(O)CCN(C(=O)[C@@H]5CCN(Cc6ncc(C)s6)CC5c5ccccc5)CC4)cnc32)cc1. The van der Waals surface area contributed by atoms with E-state index in [0.717, 1.165) is 36.8 Å². The molecule has 12 nitrogen and oxygen atoms in total. The summed E-state index contributed by atoms with van der Waals surface area (Å²) in [6, 6.07) is 19.2. The van der Waals surface area contributed by atoms with Gasteiger partial charge in [-0.15, -0.1) is 11.3 Å². The van der Waals surface area contributed by atoms with Crippen molar-refractivity contribution in [1.29, 1.82) is 0 Å². The van der Waals surface area contributed by atoms with Crippen LogP contribution in [0.15, 0.2) is 84.2 Å². The number of aromatic nitrogens is 4. The number of ether oxygens (including phenoxy) is 1. The summed E-state index contributed by atoms with van der Waals surface area (Å²) in [6.45, 7) is 5.35. The number of likely N-dealkylation sites (tertiary alicyclic amines) is 2. The molecule has 0 bridgehead atoms. The van der Waals surface area contributed by atoms with Crippen LogP contribution in [0.1, 0.15) is 40.6 Å². The lowest BCUT2D eigenvalue weighted by Crippen LogP contribution is -2.53. The van der Waals surface area contributed by atoms with Crippen molar-refractivity contribution in [3.05, 3.63) is 105 Å². The fourth-order valence-corrected chi connectivity index (χ4v) is 8.14. The molecule has 51 heavy (non-hydrogen) atoms. The van der Waals surface area contributed by atoms with Crippen LogP contribution in [-0.2, 0) is 22.7 Å². The number of carbonyl (C=O) groups excluding carboxylic acids is 2. The topological polar surface area (TPSA) is 135 Å². The lowest BCUT2D eigenvalue weighted by Gasteiger charge is -2.43. The van der Waals surface area contributed by atoms with Crippen molar-refractivity contribution < 1.29 is 19.4 Å². The minimum absolute atomic E-state index is 0.0679. The van der Waals surface area contributed by atoms with Gasteiger partial charge in [-0.05, 0) is 68.6 Å². The molecule has 2 aromatic carbocycles. The van der Waals surface area contributed by atoms with Crippen molar-refractivity contribution in [2.45, 2.75) is 50.8 Å². The summed E-state index contributed by atoms with van der Waals surface area (Å²) in [5.41, 5.74) is 1.08. The summed E-state index contributed by atoms with van der Waals surface area (Å²) >= 11 is 1.72. The molecule has 0 radical (unpaired) electrons. The Labute approximate surface area is 300 Å². The number of nitrogens with one attached hydrogen (secondary N) is 1. The van der Waals surface area contributed by atoms with Crippen LogP contribution in [-0.4, -0.2) is 91.3 Å². The minimum atomic E-state index is -1.14. The van der Waals surface area contributed by atoms with Gasteiger partial charge in [-0.2, -0.15) is 0 Å². The fourth-order valence-electron chi connectivity index (χ4n) is 7.31. The van der Waals surface area contributed by atoms with E-state index >= 15 is 0 Å². The van der Waals surface area contributed by atoms with Gasteiger partial charge in [0.15, 0.2) is 12.3 Å². The van der Waals surface area contributed by atoms with Gasteiger partial charge in [0.2, 0.25) is 5.91 Å². The number of aryl methyl sites for hydroxylation is 1. The van der Waals surface area contributed by atoms with Crippen molar-refractivity contribution in [3.63, 3.8) is 0 Å². The number of rotatable bonds is 10. The highest BCUT2D eigenvalue weighted by Crippen LogP contribution is 2.36. The van der Waals surface area contributed by atoms with Crippen LogP contribution in [0.25, 0.3) is 16.7 Å². The van der Waals surface area contributed by atoms with Gasteiger partial charge >= 0.3 is 0 Å². The summed E-state index contributed by atoms with van der Waals surface area (Å²) in [6.07, 6.45) is 6.70. The van der Waals surface area contributed by atoms with E-state index in [1.165, 1.54) is 21.3 Å². The van der Waals surface area contributed by atoms with Crippen molar-refractivity contribution in [3.8, 4) is 11.4 Å². The highest BCUT2D eigenvalue weighted by molar-refractivity contribution is 7.11. The summed E-state index contributed by atoms with van der Waals surface area (Å²) in [7, 11) is 1.55. The van der Waals surface area contributed by atoms with Crippen LogP contribution < -0.4 is 15.6 Å². The quantitative estimate of drug-likeness (QED) is 0.224. The molecule has 0 saturated carbocycles. The van der Waals surface area contributed by atoms with Crippen LogP contribution >= 0.6 is 11.3 Å². The predicted molar refractivity (Wildman–Crippen MR) is 195 cm³/mol. The first-order valence-corrected chi connectivity index (χ1v) is 18.2.